The fraction of sp³-hybridized carbons (Fsp3) is 0.500. The van der Waals surface area contributed by atoms with E-state index < -0.39 is 0 Å². The molecule has 0 saturated heterocycles. The van der Waals surface area contributed by atoms with Gasteiger partial charge in [-0.25, -0.2) is 0 Å². The predicted molar refractivity (Wildman–Crippen MR) is 94.9 cm³/mol. The Bertz CT molecular complexity index is 506. The number of ether oxygens (including phenoxy) is 2. The molecule has 1 aromatic carbocycles. The zero-order valence-electron chi connectivity index (χ0n) is 14.3. The smallest absolute Gasteiger partial charge is 0.191 e. The maximum atomic E-state index is 5.36. The van der Waals surface area contributed by atoms with E-state index in [4.69, 9.17) is 15.9 Å². The minimum atomic E-state index is 0.213. The van der Waals surface area contributed by atoms with Crippen LogP contribution in [0, 0.1) is 12.3 Å². The highest BCUT2D eigenvalue weighted by Crippen LogP contribution is 2.12. The molecule has 1 unspecified atom stereocenters. The minimum Gasteiger partial charge on any atom is -0.481 e. The van der Waals surface area contributed by atoms with Crippen molar-refractivity contribution in [2.24, 2.45) is 4.99 Å². The van der Waals surface area contributed by atoms with Crippen molar-refractivity contribution < 1.29 is 9.47 Å². The SMILES string of the molecule is C#CCOc1ccc(CCN=C(NCC)NC(C)COC)cc1. The Kier molecular flexibility index (Phi) is 9.34. The second kappa shape index (κ2) is 11.4. The van der Waals surface area contributed by atoms with E-state index in [0.717, 1.165) is 24.7 Å². The molecule has 0 spiro atoms. The fourth-order valence-electron chi connectivity index (χ4n) is 2.02. The lowest BCUT2D eigenvalue weighted by molar-refractivity contribution is 0.179. The van der Waals surface area contributed by atoms with Crippen LogP contribution in [0.2, 0.25) is 0 Å². The van der Waals surface area contributed by atoms with Crippen LogP contribution in [0.1, 0.15) is 19.4 Å². The van der Waals surface area contributed by atoms with E-state index in [2.05, 4.69) is 28.5 Å². The quantitative estimate of drug-likeness (QED) is 0.414. The van der Waals surface area contributed by atoms with Crippen molar-refractivity contribution in [1.29, 1.82) is 0 Å². The first-order valence-electron chi connectivity index (χ1n) is 7.88. The summed E-state index contributed by atoms with van der Waals surface area (Å²) in [6, 6.07) is 8.15. The number of hydrogen-bond donors (Lipinski definition) is 2. The van der Waals surface area contributed by atoms with Gasteiger partial charge in [-0.15, -0.1) is 6.42 Å². The summed E-state index contributed by atoms with van der Waals surface area (Å²) < 4.78 is 10.5. The molecule has 0 radical (unpaired) electrons. The van der Waals surface area contributed by atoms with Crippen molar-refractivity contribution in [3.8, 4) is 18.1 Å². The number of rotatable bonds is 9. The van der Waals surface area contributed by atoms with Crippen molar-refractivity contribution in [1.82, 2.24) is 10.6 Å². The molecule has 0 aliphatic rings. The second-order valence-corrected chi connectivity index (χ2v) is 5.15. The molecule has 2 N–H and O–H groups in total. The molecule has 1 rings (SSSR count). The maximum absolute atomic E-state index is 5.36. The van der Waals surface area contributed by atoms with Gasteiger partial charge in [0, 0.05) is 26.2 Å². The molecule has 5 nitrogen and oxygen atoms in total. The largest absolute Gasteiger partial charge is 0.481 e. The Labute approximate surface area is 139 Å². The number of aliphatic imine (C=N–C) groups is 1. The van der Waals surface area contributed by atoms with Crippen LogP contribution in [0.5, 0.6) is 5.75 Å². The summed E-state index contributed by atoms with van der Waals surface area (Å²) in [5.41, 5.74) is 1.21. The van der Waals surface area contributed by atoms with Gasteiger partial charge < -0.3 is 20.1 Å². The summed E-state index contributed by atoms with van der Waals surface area (Å²) in [6.07, 6.45) is 6.03. The molecule has 0 aliphatic heterocycles. The fourth-order valence-corrected chi connectivity index (χ4v) is 2.02. The van der Waals surface area contributed by atoms with Crippen LogP contribution in [0.25, 0.3) is 0 Å². The first-order chi connectivity index (χ1) is 11.2. The van der Waals surface area contributed by atoms with E-state index in [0.29, 0.717) is 19.8 Å². The number of methoxy groups -OCH3 is 1. The Hall–Kier alpha value is -2.19. The molecular weight excluding hydrogens is 290 g/mol. The van der Waals surface area contributed by atoms with Gasteiger partial charge in [-0.05, 0) is 38.0 Å². The highest BCUT2D eigenvalue weighted by atomic mass is 16.5. The van der Waals surface area contributed by atoms with Gasteiger partial charge in [0.15, 0.2) is 5.96 Å². The Morgan fingerprint density at radius 3 is 2.70 bits per heavy atom. The van der Waals surface area contributed by atoms with Gasteiger partial charge >= 0.3 is 0 Å². The molecule has 0 heterocycles. The van der Waals surface area contributed by atoms with Gasteiger partial charge in [-0.3, -0.25) is 4.99 Å². The van der Waals surface area contributed by atoms with Crippen LogP contribution in [-0.4, -0.2) is 45.4 Å². The zero-order chi connectivity index (χ0) is 16.9. The first-order valence-corrected chi connectivity index (χ1v) is 7.88. The summed E-state index contributed by atoms with van der Waals surface area (Å²) in [5.74, 6) is 4.05. The van der Waals surface area contributed by atoms with Gasteiger partial charge in [0.1, 0.15) is 12.4 Å². The van der Waals surface area contributed by atoms with E-state index in [-0.39, 0.29) is 6.04 Å². The monoisotopic (exact) mass is 317 g/mol. The zero-order valence-corrected chi connectivity index (χ0v) is 14.3. The number of terminal acetylenes is 1. The lowest BCUT2D eigenvalue weighted by Crippen LogP contribution is -2.44. The van der Waals surface area contributed by atoms with Crippen molar-refractivity contribution in [3.63, 3.8) is 0 Å². The van der Waals surface area contributed by atoms with Crippen LogP contribution in [0.4, 0.5) is 0 Å². The summed E-state index contributed by atoms with van der Waals surface area (Å²) >= 11 is 0. The second-order valence-electron chi connectivity index (χ2n) is 5.15. The lowest BCUT2D eigenvalue weighted by Gasteiger charge is -2.17. The lowest BCUT2D eigenvalue weighted by atomic mass is 10.1. The first kappa shape index (κ1) is 18.9. The highest BCUT2D eigenvalue weighted by Gasteiger charge is 2.04. The molecular formula is C18H27N3O2. The third-order valence-electron chi connectivity index (χ3n) is 3.06. The van der Waals surface area contributed by atoms with Crippen molar-refractivity contribution in [2.75, 3.05) is 33.4 Å². The van der Waals surface area contributed by atoms with Crippen LogP contribution in [0.3, 0.4) is 0 Å². The van der Waals surface area contributed by atoms with Crippen molar-refractivity contribution in [2.45, 2.75) is 26.3 Å². The summed E-state index contributed by atoms with van der Waals surface area (Å²) in [5, 5.41) is 6.55. The number of guanidine groups is 1. The normalized spacial score (nSPS) is 12.3. The Morgan fingerprint density at radius 2 is 2.09 bits per heavy atom. The average molecular weight is 317 g/mol. The van der Waals surface area contributed by atoms with E-state index in [9.17, 15) is 0 Å². The third-order valence-corrected chi connectivity index (χ3v) is 3.06. The highest BCUT2D eigenvalue weighted by molar-refractivity contribution is 5.80. The molecule has 23 heavy (non-hydrogen) atoms. The van der Waals surface area contributed by atoms with E-state index in [1.807, 2.05) is 31.2 Å². The Morgan fingerprint density at radius 1 is 1.35 bits per heavy atom. The number of benzene rings is 1. The topological polar surface area (TPSA) is 54.9 Å². The van der Waals surface area contributed by atoms with Crippen LogP contribution >= 0.6 is 0 Å². The van der Waals surface area contributed by atoms with E-state index in [1.54, 1.807) is 7.11 Å². The van der Waals surface area contributed by atoms with Gasteiger partial charge in [0.25, 0.3) is 0 Å². The standard InChI is InChI=1S/C18H27N3O2/c1-5-13-23-17-9-7-16(8-10-17)11-12-20-18(19-6-2)21-15(3)14-22-4/h1,7-10,15H,6,11-14H2,2-4H3,(H2,19,20,21). The van der Waals surface area contributed by atoms with Gasteiger partial charge in [0.05, 0.1) is 6.61 Å². The van der Waals surface area contributed by atoms with Crippen LogP contribution in [-0.2, 0) is 11.2 Å². The van der Waals surface area contributed by atoms with Crippen LogP contribution in [0.15, 0.2) is 29.3 Å². The van der Waals surface area contributed by atoms with E-state index >= 15 is 0 Å². The van der Waals surface area contributed by atoms with Crippen molar-refractivity contribution >= 4 is 5.96 Å². The van der Waals surface area contributed by atoms with E-state index in [1.165, 1.54) is 5.56 Å². The molecule has 1 atom stereocenters. The predicted octanol–water partition coefficient (Wildman–Crippen LogP) is 1.83. The molecule has 0 aliphatic carbocycles. The maximum Gasteiger partial charge on any atom is 0.191 e. The number of nitrogens with one attached hydrogen (secondary N) is 2. The summed E-state index contributed by atoms with van der Waals surface area (Å²) in [7, 11) is 1.69. The van der Waals surface area contributed by atoms with Gasteiger partial charge in [-0.1, -0.05) is 18.1 Å². The molecule has 126 valence electrons. The molecule has 0 amide bonds. The molecule has 0 saturated carbocycles. The number of hydrogen-bond acceptors (Lipinski definition) is 3. The van der Waals surface area contributed by atoms with Gasteiger partial charge in [-0.2, -0.15) is 0 Å². The minimum absolute atomic E-state index is 0.213. The molecule has 5 heteroatoms. The number of nitrogens with zero attached hydrogens (tertiary/aromatic N) is 1. The van der Waals surface area contributed by atoms with Gasteiger partial charge in [0.2, 0.25) is 0 Å². The van der Waals surface area contributed by atoms with Crippen molar-refractivity contribution in [3.05, 3.63) is 29.8 Å². The molecule has 0 bridgehead atoms. The average Bonchev–Trinajstić information content (AvgIpc) is 2.54. The Balaban J connectivity index is 2.48. The molecule has 0 fully saturated rings. The third kappa shape index (κ3) is 8.12. The summed E-state index contributed by atoms with van der Waals surface area (Å²) in [4.78, 5) is 4.58. The van der Waals surface area contributed by atoms with Crippen LogP contribution < -0.4 is 15.4 Å². The molecule has 0 aromatic heterocycles. The molecule has 1 aromatic rings. The summed E-state index contributed by atoms with van der Waals surface area (Å²) in [6.45, 7) is 6.58.